The predicted molar refractivity (Wildman–Crippen MR) is 85.6 cm³/mol. The molecule has 1 unspecified atom stereocenters. The van der Waals surface area contributed by atoms with E-state index in [2.05, 4.69) is 21.2 Å². The van der Waals surface area contributed by atoms with E-state index < -0.39 is 11.6 Å². The molecule has 0 amide bonds. The average Bonchev–Trinajstić information content (AvgIpc) is 2.46. The molecular formula is C16H15BrClF2N. The number of benzene rings is 2. The second-order valence-corrected chi connectivity index (χ2v) is 5.90. The molecule has 0 saturated heterocycles. The summed E-state index contributed by atoms with van der Waals surface area (Å²) < 4.78 is 28.0. The Morgan fingerprint density at radius 3 is 2.62 bits per heavy atom. The highest BCUT2D eigenvalue weighted by Gasteiger charge is 2.18. The molecule has 0 bridgehead atoms. The lowest BCUT2D eigenvalue weighted by Crippen LogP contribution is -2.24. The highest BCUT2D eigenvalue weighted by atomic mass is 79.9. The number of halogens is 4. The summed E-state index contributed by atoms with van der Waals surface area (Å²) >= 11 is 9.69. The lowest BCUT2D eigenvalue weighted by molar-refractivity contribution is 0.481. The normalized spacial score (nSPS) is 12.4. The Balaban J connectivity index is 2.35. The third kappa shape index (κ3) is 3.82. The van der Waals surface area contributed by atoms with E-state index in [1.807, 2.05) is 25.1 Å². The third-order valence-electron chi connectivity index (χ3n) is 3.26. The van der Waals surface area contributed by atoms with Crippen LogP contribution in [0, 0.1) is 11.6 Å². The summed E-state index contributed by atoms with van der Waals surface area (Å²) in [6.45, 7) is 2.66. The van der Waals surface area contributed by atoms with Crippen molar-refractivity contribution in [2.75, 3.05) is 6.54 Å². The van der Waals surface area contributed by atoms with Crippen LogP contribution >= 0.6 is 27.5 Å². The van der Waals surface area contributed by atoms with Gasteiger partial charge in [-0.15, -0.1) is 0 Å². The first-order valence-electron chi connectivity index (χ1n) is 6.64. The van der Waals surface area contributed by atoms with E-state index >= 15 is 0 Å². The number of likely N-dealkylation sites (N-methyl/N-ethyl adjacent to an activating group) is 1. The van der Waals surface area contributed by atoms with E-state index in [1.165, 1.54) is 6.07 Å². The molecule has 0 heterocycles. The first kappa shape index (κ1) is 16.4. The van der Waals surface area contributed by atoms with Crippen molar-refractivity contribution in [1.29, 1.82) is 0 Å². The summed E-state index contributed by atoms with van der Waals surface area (Å²) in [5.41, 5.74) is 1.19. The maximum Gasteiger partial charge on any atom is 0.162 e. The van der Waals surface area contributed by atoms with E-state index in [0.29, 0.717) is 23.6 Å². The van der Waals surface area contributed by atoms with Crippen LogP contribution in [0.4, 0.5) is 8.78 Å². The summed E-state index contributed by atoms with van der Waals surface area (Å²) in [5.74, 6) is -1.63. The zero-order valence-electron chi connectivity index (χ0n) is 11.5. The van der Waals surface area contributed by atoms with Crippen LogP contribution in [0.5, 0.6) is 0 Å². The summed E-state index contributed by atoms with van der Waals surface area (Å²) in [5, 5.41) is 3.85. The van der Waals surface area contributed by atoms with Gasteiger partial charge in [0.25, 0.3) is 0 Å². The van der Waals surface area contributed by atoms with Crippen molar-refractivity contribution < 1.29 is 8.78 Å². The minimum Gasteiger partial charge on any atom is -0.310 e. The molecule has 1 nitrogen and oxygen atoms in total. The molecule has 1 N–H and O–H groups in total. The van der Waals surface area contributed by atoms with Crippen molar-refractivity contribution in [1.82, 2.24) is 5.32 Å². The van der Waals surface area contributed by atoms with Gasteiger partial charge in [-0.1, -0.05) is 42.8 Å². The molecule has 0 fully saturated rings. The second-order valence-electron chi connectivity index (χ2n) is 4.67. The van der Waals surface area contributed by atoms with E-state index in [0.717, 1.165) is 16.1 Å². The number of rotatable bonds is 5. The van der Waals surface area contributed by atoms with Gasteiger partial charge in [-0.05, 0) is 52.2 Å². The topological polar surface area (TPSA) is 12.0 Å². The Kier molecular flexibility index (Phi) is 5.73. The number of hydrogen-bond acceptors (Lipinski definition) is 1. The summed E-state index contributed by atoms with van der Waals surface area (Å²) in [6, 6.07) is 9.64. The molecule has 5 heteroatoms. The minimum absolute atomic E-state index is 0.184. The van der Waals surface area contributed by atoms with Gasteiger partial charge in [0.15, 0.2) is 11.6 Å². The van der Waals surface area contributed by atoms with Crippen LogP contribution in [0.1, 0.15) is 24.1 Å². The van der Waals surface area contributed by atoms with Crippen molar-refractivity contribution in [3.05, 3.63) is 68.7 Å². The fraction of sp³-hybridized carbons (Fsp3) is 0.250. The number of hydrogen-bond donors (Lipinski definition) is 1. The summed E-state index contributed by atoms with van der Waals surface area (Å²) in [4.78, 5) is 0. The summed E-state index contributed by atoms with van der Waals surface area (Å²) in [7, 11) is 0. The molecule has 0 saturated carbocycles. The van der Waals surface area contributed by atoms with Crippen LogP contribution in [-0.4, -0.2) is 6.54 Å². The van der Waals surface area contributed by atoms with Crippen molar-refractivity contribution >= 4 is 27.5 Å². The van der Waals surface area contributed by atoms with E-state index in [1.54, 1.807) is 6.07 Å². The molecule has 1 atom stereocenters. The van der Waals surface area contributed by atoms with Gasteiger partial charge in [-0.25, -0.2) is 8.78 Å². The molecule has 0 aliphatic heterocycles. The molecule has 2 rings (SSSR count). The molecule has 112 valence electrons. The van der Waals surface area contributed by atoms with Crippen LogP contribution in [0.3, 0.4) is 0 Å². The van der Waals surface area contributed by atoms with Crippen molar-refractivity contribution in [2.24, 2.45) is 0 Å². The lowest BCUT2D eigenvalue weighted by Gasteiger charge is -2.20. The van der Waals surface area contributed by atoms with E-state index in [4.69, 9.17) is 11.6 Å². The Hall–Kier alpha value is -0.970. The monoisotopic (exact) mass is 373 g/mol. The smallest absolute Gasteiger partial charge is 0.162 e. The molecule has 0 spiro atoms. The zero-order chi connectivity index (χ0) is 15.4. The lowest BCUT2D eigenvalue weighted by atomic mass is 9.98. The first-order valence-corrected chi connectivity index (χ1v) is 7.81. The van der Waals surface area contributed by atoms with Gasteiger partial charge in [-0.2, -0.15) is 0 Å². The second kappa shape index (κ2) is 7.34. The number of nitrogens with one attached hydrogen (secondary N) is 1. The van der Waals surface area contributed by atoms with Crippen LogP contribution in [0.2, 0.25) is 5.02 Å². The fourth-order valence-electron chi connectivity index (χ4n) is 2.25. The van der Waals surface area contributed by atoms with Gasteiger partial charge >= 0.3 is 0 Å². The van der Waals surface area contributed by atoms with Gasteiger partial charge in [0.1, 0.15) is 0 Å². The van der Waals surface area contributed by atoms with Gasteiger partial charge in [-0.3, -0.25) is 0 Å². The maximum atomic E-state index is 13.9. The molecule has 0 aliphatic rings. The third-order valence-corrected chi connectivity index (χ3v) is 4.57. The average molecular weight is 375 g/mol. The van der Waals surface area contributed by atoms with Crippen LogP contribution < -0.4 is 5.32 Å². The molecule has 0 radical (unpaired) electrons. The van der Waals surface area contributed by atoms with E-state index in [9.17, 15) is 8.78 Å². The van der Waals surface area contributed by atoms with Crippen molar-refractivity contribution in [2.45, 2.75) is 19.4 Å². The summed E-state index contributed by atoms with van der Waals surface area (Å²) in [6.07, 6.45) is 0.327. The van der Waals surface area contributed by atoms with Gasteiger partial charge in [0.2, 0.25) is 0 Å². The van der Waals surface area contributed by atoms with Crippen LogP contribution in [0.25, 0.3) is 0 Å². The Labute approximate surface area is 136 Å². The maximum absolute atomic E-state index is 13.9. The fourth-order valence-corrected chi connectivity index (χ4v) is 2.89. The standard InChI is InChI=1S/C16H15BrClF2N/c1-2-21-14(11-6-4-7-12(17)15(11)18)9-10-5-3-8-13(19)16(10)20/h3-8,14,21H,2,9H2,1H3. The van der Waals surface area contributed by atoms with E-state index in [-0.39, 0.29) is 6.04 Å². The van der Waals surface area contributed by atoms with Gasteiger partial charge in [0.05, 0.1) is 5.02 Å². The first-order chi connectivity index (χ1) is 10.0. The van der Waals surface area contributed by atoms with Gasteiger partial charge < -0.3 is 5.32 Å². The largest absolute Gasteiger partial charge is 0.310 e. The van der Waals surface area contributed by atoms with Crippen LogP contribution in [-0.2, 0) is 6.42 Å². The quantitative estimate of drug-likeness (QED) is 0.751. The highest BCUT2D eigenvalue weighted by molar-refractivity contribution is 9.10. The Bertz CT molecular complexity index is 634. The molecular weight excluding hydrogens is 360 g/mol. The molecule has 2 aromatic carbocycles. The van der Waals surface area contributed by atoms with Gasteiger partial charge in [0, 0.05) is 10.5 Å². The molecule has 0 aliphatic carbocycles. The zero-order valence-corrected chi connectivity index (χ0v) is 13.8. The highest BCUT2D eigenvalue weighted by Crippen LogP contribution is 2.32. The van der Waals surface area contributed by atoms with Crippen molar-refractivity contribution in [3.8, 4) is 0 Å². The molecule has 0 aromatic heterocycles. The predicted octanol–water partition coefficient (Wildman–Crippen LogP) is 5.27. The van der Waals surface area contributed by atoms with Crippen molar-refractivity contribution in [3.63, 3.8) is 0 Å². The molecule has 2 aromatic rings. The van der Waals surface area contributed by atoms with Crippen LogP contribution in [0.15, 0.2) is 40.9 Å². The Morgan fingerprint density at radius 2 is 1.90 bits per heavy atom. The SMILES string of the molecule is CCNC(Cc1cccc(F)c1F)c1cccc(Br)c1Cl. The Morgan fingerprint density at radius 1 is 1.19 bits per heavy atom. The minimum atomic E-state index is -0.830. The molecule has 21 heavy (non-hydrogen) atoms.